The number of nitrogens with zero attached hydrogens (tertiary/aromatic N) is 1. The summed E-state index contributed by atoms with van der Waals surface area (Å²) < 4.78 is 13.5. The smallest absolute Gasteiger partial charge is 0.330 e. The molecule has 2 rings (SSSR count). The Morgan fingerprint density at radius 2 is 2.17 bits per heavy atom. The molecule has 0 aliphatic carbocycles. The van der Waals surface area contributed by atoms with Crippen molar-refractivity contribution in [3.05, 3.63) is 34.6 Å². The summed E-state index contributed by atoms with van der Waals surface area (Å²) in [4.78, 5) is 36.8. The van der Waals surface area contributed by atoms with Gasteiger partial charge in [0, 0.05) is 25.9 Å². The lowest BCUT2D eigenvalue weighted by molar-refractivity contribution is -0.144. The topological polar surface area (TPSA) is 86.7 Å². The van der Waals surface area contributed by atoms with E-state index >= 15 is 0 Å². The number of aliphatic carboxylic acids is 1. The van der Waals surface area contributed by atoms with E-state index in [2.05, 4.69) is 5.32 Å². The lowest BCUT2D eigenvalue weighted by Crippen LogP contribution is -2.44. The first-order valence-corrected chi connectivity index (χ1v) is 7.39. The van der Waals surface area contributed by atoms with Gasteiger partial charge in [0.2, 0.25) is 11.8 Å². The monoisotopic (exact) mass is 342 g/mol. The van der Waals surface area contributed by atoms with Crippen LogP contribution in [0.4, 0.5) is 4.39 Å². The van der Waals surface area contributed by atoms with Crippen LogP contribution >= 0.6 is 11.6 Å². The van der Waals surface area contributed by atoms with Crippen molar-refractivity contribution in [3.63, 3.8) is 0 Å². The Kier molecular flexibility index (Phi) is 5.20. The number of hydrogen-bond acceptors (Lipinski definition) is 3. The Morgan fingerprint density at radius 3 is 2.74 bits per heavy atom. The minimum Gasteiger partial charge on any atom is -0.479 e. The molecule has 2 atom stereocenters. The third-order valence-corrected chi connectivity index (χ3v) is 4.15. The molecule has 1 heterocycles. The number of halogens is 2. The Hall–Kier alpha value is -2.15. The number of nitrogens with one attached hydrogen (secondary N) is 1. The van der Waals surface area contributed by atoms with Crippen LogP contribution in [0, 0.1) is 11.7 Å². The van der Waals surface area contributed by atoms with E-state index in [0.717, 1.165) is 6.07 Å². The van der Waals surface area contributed by atoms with Crippen LogP contribution in [0.1, 0.15) is 24.4 Å². The minimum atomic E-state index is -1.40. The molecule has 23 heavy (non-hydrogen) atoms. The predicted molar refractivity (Wildman–Crippen MR) is 80.3 cm³/mol. The number of carboxylic acid groups (broad SMARTS) is 1. The predicted octanol–water partition coefficient (Wildman–Crippen LogP) is 1.59. The molecule has 124 valence electrons. The molecule has 0 bridgehead atoms. The summed E-state index contributed by atoms with van der Waals surface area (Å²) in [5.74, 6) is -3.37. The fourth-order valence-electron chi connectivity index (χ4n) is 2.41. The van der Waals surface area contributed by atoms with Crippen LogP contribution in [0.25, 0.3) is 0 Å². The number of carboxylic acids is 1. The molecule has 0 spiro atoms. The summed E-state index contributed by atoms with van der Waals surface area (Å²) in [5.41, 5.74) is 0.0759. The van der Waals surface area contributed by atoms with Gasteiger partial charge in [-0.3, -0.25) is 9.59 Å². The second-order valence-corrected chi connectivity index (χ2v) is 5.87. The lowest BCUT2D eigenvalue weighted by Gasteiger charge is -2.28. The molecule has 1 aliphatic heterocycles. The lowest BCUT2D eigenvalue weighted by atomic mass is 9.94. The fourth-order valence-corrected chi connectivity index (χ4v) is 2.52. The summed E-state index contributed by atoms with van der Waals surface area (Å²) >= 11 is 5.57. The van der Waals surface area contributed by atoms with E-state index in [-0.39, 0.29) is 22.9 Å². The molecule has 2 unspecified atom stereocenters. The number of carbonyl (C=O) groups is 3. The summed E-state index contributed by atoms with van der Waals surface area (Å²) in [6, 6.07) is 2.14. The molecule has 1 fully saturated rings. The molecule has 1 saturated heterocycles. The number of piperidine rings is 1. The maximum Gasteiger partial charge on any atom is 0.330 e. The maximum absolute atomic E-state index is 13.5. The van der Waals surface area contributed by atoms with Crippen LogP contribution in [0.2, 0.25) is 5.02 Å². The van der Waals surface area contributed by atoms with Crippen LogP contribution in [-0.2, 0) is 14.4 Å². The molecular formula is C15H16ClFN2O4. The van der Waals surface area contributed by atoms with Gasteiger partial charge >= 0.3 is 5.97 Å². The zero-order valence-electron chi connectivity index (χ0n) is 12.4. The number of benzene rings is 1. The highest BCUT2D eigenvalue weighted by molar-refractivity contribution is 6.30. The molecule has 6 nitrogen and oxygen atoms in total. The number of likely N-dealkylation sites (tertiary alicyclic amines) is 1. The Labute approximate surface area is 137 Å². The Bertz CT molecular complexity index is 652. The second kappa shape index (κ2) is 6.95. The zero-order chi connectivity index (χ0) is 17.1. The van der Waals surface area contributed by atoms with Gasteiger partial charge in [0.1, 0.15) is 5.82 Å². The first-order valence-electron chi connectivity index (χ1n) is 7.01. The van der Waals surface area contributed by atoms with Crippen LogP contribution in [0.5, 0.6) is 0 Å². The number of rotatable bonds is 4. The van der Waals surface area contributed by atoms with Crippen molar-refractivity contribution < 1.29 is 23.9 Å². The Balaban J connectivity index is 2.13. The third-order valence-electron chi connectivity index (χ3n) is 3.84. The van der Waals surface area contributed by atoms with Gasteiger partial charge in [-0.15, -0.1) is 0 Å². The van der Waals surface area contributed by atoms with Gasteiger partial charge in [0.15, 0.2) is 6.04 Å². The number of amides is 2. The van der Waals surface area contributed by atoms with E-state index in [4.69, 9.17) is 11.6 Å². The molecule has 8 heteroatoms. The molecular weight excluding hydrogens is 327 g/mol. The first kappa shape index (κ1) is 17.2. The molecule has 0 saturated carbocycles. The van der Waals surface area contributed by atoms with Crippen molar-refractivity contribution in [1.29, 1.82) is 0 Å². The Morgan fingerprint density at radius 1 is 1.48 bits per heavy atom. The normalized spacial score (nSPS) is 19.3. The highest BCUT2D eigenvalue weighted by Gasteiger charge is 2.31. The maximum atomic E-state index is 13.5. The summed E-state index contributed by atoms with van der Waals surface area (Å²) in [6.45, 7) is 0.435. The summed E-state index contributed by atoms with van der Waals surface area (Å²) in [7, 11) is 1.65. The van der Waals surface area contributed by atoms with E-state index in [1.807, 2.05) is 0 Å². The first-order chi connectivity index (χ1) is 10.8. The average molecular weight is 343 g/mol. The van der Waals surface area contributed by atoms with E-state index in [1.165, 1.54) is 17.0 Å². The van der Waals surface area contributed by atoms with E-state index in [0.29, 0.717) is 13.0 Å². The van der Waals surface area contributed by atoms with E-state index in [1.54, 1.807) is 7.05 Å². The minimum absolute atomic E-state index is 0.0314. The quantitative estimate of drug-likeness (QED) is 0.870. The van der Waals surface area contributed by atoms with Gasteiger partial charge in [0.05, 0.1) is 5.02 Å². The molecule has 1 aromatic rings. The number of carbonyl (C=O) groups excluding carboxylic acids is 2. The van der Waals surface area contributed by atoms with Crippen molar-refractivity contribution in [1.82, 2.24) is 10.2 Å². The van der Waals surface area contributed by atoms with Crippen LogP contribution in [-0.4, -0.2) is 41.4 Å². The van der Waals surface area contributed by atoms with Crippen molar-refractivity contribution in [2.24, 2.45) is 5.92 Å². The van der Waals surface area contributed by atoms with Crippen LogP contribution in [0.15, 0.2) is 18.2 Å². The van der Waals surface area contributed by atoms with Crippen LogP contribution in [0.3, 0.4) is 0 Å². The third kappa shape index (κ3) is 3.98. The molecule has 2 N–H and O–H groups in total. The van der Waals surface area contributed by atoms with Gasteiger partial charge in [-0.1, -0.05) is 17.7 Å². The van der Waals surface area contributed by atoms with E-state index < -0.39 is 29.7 Å². The van der Waals surface area contributed by atoms with Crippen molar-refractivity contribution >= 4 is 29.4 Å². The van der Waals surface area contributed by atoms with Gasteiger partial charge in [-0.25, -0.2) is 9.18 Å². The second-order valence-electron chi connectivity index (χ2n) is 5.46. The molecule has 1 aliphatic rings. The largest absolute Gasteiger partial charge is 0.479 e. The van der Waals surface area contributed by atoms with Crippen molar-refractivity contribution in [2.45, 2.75) is 18.9 Å². The van der Waals surface area contributed by atoms with Crippen molar-refractivity contribution in [3.8, 4) is 0 Å². The molecule has 0 radical (unpaired) electrons. The molecule has 2 amide bonds. The fraction of sp³-hybridized carbons (Fsp3) is 0.400. The SMILES string of the molecule is CN1CCC(C(=O)NC(C(=O)O)c2ccc(Cl)c(F)c2)CC1=O. The highest BCUT2D eigenvalue weighted by Crippen LogP contribution is 2.23. The highest BCUT2D eigenvalue weighted by atomic mass is 35.5. The van der Waals surface area contributed by atoms with Crippen LogP contribution < -0.4 is 5.32 Å². The number of hydrogen-bond donors (Lipinski definition) is 2. The van der Waals surface area contributed by atoms with Gasteiger partial charge in [-0.2, -0.15) is 0 Å². The van der Waals surface area contributed by atoms with Crippen molar-refractivity contribution in [2.75, 3.05) is 13.6 Å². The van der Waals surface area contributed by atoms with Gasteiger partial charge in [0.25, 0.3) is 0 Å². The van der Waals surface area contributed by atoms with E-state index in [9.17, 15) is 23.9 Å². The average Bonchev–Trinajstić information content (AvgIpc) is 2.50. The molecule has 1 aromatic carbocycles. The van der Waals surface area contributed by atoms with Gasteiger partial charge in [-0.05, 0) is 24.1 Å². The standard InChI is InChI=1S/C15H16ClFN2O4/c1-19-5-4-9(7-12(19)20)14(21)18-13(15(22)23)8-2-3-10(16)11(17)6-8/h2-3,6,9,13H,4-5,7H2,1H3,(H,18,21)(H,22,23). The summed E-state index contributed by atoms with van der Waals surface area (Å²) in [5, 5.41) is 11.5. The molecule has 0 aromatic heterocycles. The summed E-state index contributed by atoms with van der Waals surface area (Å²) in [6.07, 6.45) is 0.485. The zero-order valence-corrected chi connectivity index (χ0v) is 13.1. The van der Waals surface area contributed by atoms with Gasteiger partial charge < -0.3 is 15.3 Å².